The standard InChI is InChI=1S/C66H72N12O16S6/c1-33(2)38-24-44(79)51-34(3)99-62(76-51)40(25-47(80)67-4)70-56(87)42-30-95-58(72-42)37-15-16-39(60-74-46(32-98-60)78(22-23-93-28-50(84)85)65(90)94-36-17-20-66(21-18-36,64(89)92-6)19-11-10-14-49(82)83)69-52(37)41-29-96-61(71-41)43-31-97-63(73-43)54(55(86)35-12-8-7-9-13-35)75-48(81)26-68-57(88)53-45(27-91-5)100-59(38)77-53/h7-9,12-13,15-16,29-33,36,38,40,54-55,86H,10-11,14,17-28H2,1-6H3,(H,67,80)(H,68,88)(H,70,87)(H,75,81)(H,82,83)(H,84,85)/t36?,38?,40-,54-,55-,66?/m0/s1. The van der Waals surface area contributed by atoms with Gasteiger partial charge in [-0.25, -0.2) is 44.5 Å². The molecule has 2 aliphatic rings. The van der Waals surface area contributed by atoms with Crippen molar-refractivity contribution in [2.45, 2.75) is 122 Å². The first kappa shape index (κ1) is 74.0. The molecule has 5 amide bonds. The molecule has 0 saturated heterocycles. The van der Waals surface area contributed by atoms with Crippen molar-refractivity contribution in [1.29, 1.82) is 0 Å². The quantitative estimate of drug-likeness (QED) is 0.0260. The summed E-state index contributed by atoms with van der Waals surface area (Å²) in [6.07, 6.45) is -0.584. The molecule has 7 aromatic heterocycles. The molecule has 8 heterocycles. The zero-order valence-electron chi connectivity index (χ0n) is 55.1. The van der Waals surface area contributed by atoms with Crippen LogP contribution in [0.3, 0.4) is 0 Å². The van der Waals surface area contributed by atoms with Crippen LogP contribution >= 0.6 is 68.0 Å². The number of methoxy groups -OCH3 is 2. The summed E-state index contributed by atoms with van der Waals surface area (Å²) < 4.78 is 22.1. The van der Waals surface area contributed by atoms with Crippen LogP contribution < -0.4 is 26.2 Å². The van der Waals surface area contributed by atoms with Crippen LogP contribution in [-0.4, -0.2) is 157 Å². The summed E-state index contributed by atoms with van der Waals surface area (Å²) in [4.78, 5) is 157. The lowest BCUT2D eigenvalue weighted by atomic mass is 9.70. The third-order valence-electron chi connectivity index (χ3n) is 16.8. The molecule has 4 atom stereocenters. The molecule has 0 radical (unpaired) electrons. The molecular formula is C66H72N12O16S6. The summed E-state index contributed by atoms with van der Waals surface area (Å²) in [5.74, 6) is -5.85. The molecule has 10 bridgehead atoms. The Kier molecular flexibility index (Phi) is 24.9. The average molecular weight is 1480 g/mol. The molecule has 7 N–H and O–H groups in total. The number of nitrogens with one attached hydrogen (secondary N) is 4. The number of Topliss-reactive ketones (excluding diaryl/α,β-unsaturated/α-hetero) is 1. The van der Waals surface area contributed by atoms with Crippen LogP contribution in [-0.2, 0) is 49.5 Å². The van der Waals surface area contributed by atoms with Gasteiger partial charge in [0.1, 0.15) is 89.9 Å². The number of nitrogens with zero attached hydrogens (tertiary/aromatic N) is 8. The SMILES string of the molecule is CNC(=O)C[C@@H]1NC(=O)c2csc(n2)-c2ccc(-c3nc(N(CCOCC(=O)O)C(=O)OC4CCC(CCCCC(=O)O)(C(=O)OC)CC4)cs3)nc2-c2csc(n2)-c2csc(n2)[C@H]([C@@H](O)c2ccccc2)NC(=O)CNC(=O)c2nc(sc2COC)C(C(C)C)CC(=O)c2nc1sc2C. The van der Waals surface area contributed by atoms with Crippen LogP contribution in [0.2, 0.25) is 0 Å². The number of esters is 1. The highest BCUT2D eigenvalue weighted by Gasteiger charge is 2.44. The van der Waals surface area contributed by atoms with Gasteiger partial charge < -0.3 is 55.5 Å². The zero-order valence-corrected chi connectivity index (χ0v) is 60.0. The van der Waals surface area contributed by atoms with Crippen LogP contribution in [0.5, 0.6) is 0 Å². The third-order valence-corrected chi connectivity index (χ3v) is 22.6. The molecule has 0 spiro atoms. The van der Waals surface area contributed by atoms with Crippen molar-refractivity contribution in [2.24, 2.45) is 11.3 Å². The van der Waals surface area contributed by atoms with Gasteiger partial charge in [0, 0.05) is 64.9 Å². The third kappa shape index (κ3) is 17.9. The number of aryl methyl sites for hydroxylation is 1. The Morgan fingerprint density at radius 1 is 0.740 bits per heavy atom. The highest BCUT2D eigenvalue weighted by molar-refractivity contribution is 7.15. The molecule has 100 heavy (non-hydrogen) atoms. The second kappa shape index (κ2) is 33.6. The first-order valence-corrected chi connectivity index (χ1v) is 36.9. The van der Waals surface area contributed by atoms with E-state index in [0.29, 0.717) is 113 Å². The van der Waals surface area contributed by atoms with E-state index in [1.807, 2.05) is 13.8 Å². The Morgan fingerprint density at radius 2 is 1.45 bits per heavy atom. The molecule has 1 fully saturated rings. The number of aromatic nitrogens is 7. The Morgan fingerprint density at radius 3 is 2.17 bits per heavy atom. The van der Waals surface area contributed by atoms with Crippen molar-refractivity contribution in [2.75, 3.05) is 52.5 Å². The first-order valence-electron chi connectivity index (χ1n) is 31.8. The van der Waals surface area contributed by atoms with Crippen LogP contribution in [0.15, 0.2) is 64.0 Å². The summed E-state index contributed by atoms with van der Waals surface area (Å²) in [6, 6.07) is 9.96. The second-order valence-corrected chi connectivity index (χ2v) is 29.8. The maximum Gasteiger partial charge on any atom is 0.415 e. The van der Waals surface area contributed by atoms with Gasteiger partial charge in [0.15, 0.2) is 5.78 Å². The monoisotopic (exact) mass is 1480 g/mol. The highest BCUT2D eigenvalue weighted by atomic mass is 32.1. The average Bonchev–Trinajstić information content (AvgIpc) is 1.58. The van der Waals surface area contributed by atoms with Crippen LogP contribution in [0.1, 0.15) is 164 Å². The number of carbonyl (C=O) groups excluding carboxylic acids is 7. The molecule has 1 aliphatic heterocycles. The van der Waals surface area contributed by atoms with Gasteiger partial charge in [0.2, 0.25) is 11.8 Å². The number of carbonyl (C=O) groups is 9. The maximum absolute atomic E-state index is 14.5. The topological polar surface area (TPSA) is 393 Å². The van der Waals surface area contributed by atoms with Gasteiger partial charge in [-0.15, -0.1) is 68.0 Å². The Bertz CT molecular complexity index is 4290. The number of hydrogen-bond donors (Lipinski definition) is 7. The van der Waals surface area contributed by atoms with Gasteiger partial charge in [0.25, 0.3) is 11.8 Å². The summed E-state index contributed by atoms with van der Waals surface area (Å²) >= 11 is 7.01. The number of carboxylic acids is 2. The normalized spacial score (nSPS) is 18.6. The number of fused-ring (bicyclic) bond motifs is 14. The number of aliphatic carboxylic acids is 2. The van der Waals surface area contributed by atoms with E-state index in [-0.39, 0.29) is 79.3 Å². The Balaban J connectivity index is 1.01. The van der Waals surface area contributed by atoms with Crippen molar-refractivity contribution in [1.82, 2.24) is 56.2 Å². The van der Waals surface area contributed by atoms with E-state index in [2.05, 4.69) is 21.3 Å². The lowest BCUT2D eigenvalue weighted by Gasteiger charge is -2.38. The van der Waals surface area contributed by atoms with Gasteiger partial charge in [-0.2, -0.15) is 0 Å². The lowest BCUT2D eigenvalue weighted by molar-refractivity contribution is -0.157. The van der Waals surface area contributed by atoms with E-state index in [9.17, 15) is 58.5 Å². The fourth-order valence-electron chi connectivity index (χ4n) is 11.5. The largest absolute Gasteiger partial charge is 0.481 e. The smallest absolute Gasteiger partial charge is 0.415 e. The predicted octanol–water partition coefficient (Wildman–Crippen LogP) is 9.99. The molecule has 1 saturated carbocycles. The van der Waals surface area contributed by atoms with E-state index < -0.39 is 96.4 Å². The second-order valence-electron chi connectivity index (χ2n) is 24.0. The number of carboxylic acid groups (broad SMARTS) is 2. The number of unbranched alkanes of at least 4 members (excludes halogenated alkanes) is 1. The summed E-state index contributed by atoms with van der Waals surface area (Å²) in [7, 11) is 4.23. The van der Waals surface area contributed by atoms with Crippen LogP contribution in [0.4, 0.5) is 10.6 Å². The highest BCUT2D eigenvalue weighted by Crippen LogP contribution is 2.45. The molecule has 10 rings (SSSR count). The number of thiazole rings is 6. The van der Waals surface area contributed by atoms with Gasteiger partial charge >= 0.3 is 24.0 Å². The number of rotatable bonds is 21. The van der Waals surface area contributed by atoms with E-state index in [1.54, 1.807) is 70.9 Å². The minimum atomic E-state index is -1.32. The van der Waals surface area contributed by atoms with E-state index in [0.717, 1.165) is 45.3 Å². The number of ketones is 1. The molecule has 8 aromatic rings. The Labute approximate surface area is 597 Å². The number of amides is 5. The number of benzene rings is 1. The van der Waals surface area contributed by atoms with Gasteiger partial charge in [-0.05, 0) is 69.1 Å². The molecule has 1 unspecified atom stereocenters. The number of pyridine rings is 1. The summed E-state index contributed by atoms with van der Waals surface area (Å²) in [5.41, 5.74) is 1.46. The molecular weight excluding hydrogens is 1410 g/mol. The fraction of sp³-hybridized carbons (Fsp3) is 0.424. The lowest BCUT2D eigenvalue weighted by Crippen LogP contribution is -2.42. The molecule has 528 valence electrons. The van der Waals surface area contributed by atoms with Gasteiger partial charge in [-0.1, -0.05) is 50.6 Å². The molecule has 28 nitrogen and oxygen atoms in total. The molecule has 34 heteroatoms. The molecule has 1 aromatic carbocycles. The van der Waals surface area contributed by atoms with Crippen molar-refractivity contribution in [3.05, 3.63) is 111 Å². The van der Waals surface area contributed by atoms with Crippen molar-refractivity contribution >= 4 is 127 Å². The number of ether oxygens (including phenoxy) is 4. The van der Waals surface area contributed by atoms with Gasteiger partial charge in [-0.3, -0.25) is 38.5 Å². The van der Waals surface area contributed by atoms with E-state index in [1.165, 1.54) is 48.8 Å². The minimum Gasteiger partial charge on any atom is -0.481 e. The summed E-state index contributed by atoms with van der Waals surface area (Å²) in [6.45, 7) is 4.03. The van der Waals surface area contributed by atoms with Crippen LogP contribution in [0.25, 0.3) is 43.4 Å². The van der Waals surface area contributed by atoms with E-state index >= 15 is 0 Å². The first-order chi connectivity index (χ1) is 48.0. The van der Waals surface area contributed by atoms with Crippen molar-refractivity contribution in [3.63, 3.8) is 0 Å². The number of hydrogen-bond acceptors (Lipinski definition) is 27. The maximum atomic E-state index is 14.5. The number of aliphatic hydroxyl groups excluding tert-OH is 1. The fourth-order valence-corrected chi connectivity index (χ4v) is 17.2. The summed E-state index contributed by atoms with van der Waals surface area (Å²) in [5, 5.41) is 50.4. The number of anilines is 1. The molecule has 1 aliphatic carbocycles. The Hall–Kier alpha value is -8.74. The predicted molar refractivity (Wildman–Crippen MR) is 373 cm³/mol. The van der Waals surface area contributed by atoms with Crippen molar-refractivity contribution in [3.8, 4) is 43.4 Å². The van der Waals surface area contributed by atoms with Crippen molar-refractivity contribution < 1.29 is 77.4 Å². The van der Waals surface area contributed by atoms with Crippen LogP contribution in [0, 0.1) is 18.3 Å². The van der Waals surface area contributed by atoms with E-state index in [4.69, 9.17) is 53.8 Å². The number of aliphatic hydroxyl groups is 1. The van der Waals surface area contributed by atoms with Gasteiger partial charge in [0.05, 0.1) is 66.9 Å². The zero-order chi connectivity index (χ0) is 71.4. The minimum absolute atomic E-state index is 0.00412.